The number of hydrogen-bond acceptors (Lipinski definition) is 3. The highest BCUT2D eigenvalue weighted by molar-refractivity contribution is 5.91. The highest BCUT2D eigenvalue weighted by atomic mass is 16.5. The fourth-order valence-corrected chi connectivity index (χ4v) is 1.95. The van der Waals surface area contributed by atoms with Crippen molar-refractivity contribution >= 4 is 16.9 Å². The topological polar surface area (TPSA) is 59.4 Å². The molecule has 94 valence electrons. The second kappa shape index (κ2) is 5.04. The SMILES string of the molecule is CCOc1ccc(C(C)C(=O)O)c2cccnc12. The Balaban J connectivity index is 2.64. The quantitative estimate of drug-likeness (QED) is 0.899. The molecule has 1 aromatic heterocycles. The Morgan fingerprint density at radius 2 is 2.22 bits per heavy atom. The van der Waals surface area contributed by atoms with Crippen molar-refractivity contribution in [1.29, 1.82) is 0 Å². The predicted octanol–water partition coefficient (Wildman–Crippen LogP) is 2.82. The van der Waals surface area contributed by atoms with Crippen molar-refractivity contribution in [3.05, 3.63) is 36.0 Å². The van der Waals surface area contributed by atoms with Gasteiger partial charge in [-0.2, -0.15) is 0 Å². The molecule has 18 heavy (non-hydrogen) atoms. The van der Waals surface area contributed by atoms with Crippen LogP contribution in [-0.4, -0.2) is 22.7 Å². The molecule has 1 heterocycles. The molecule has 0 fully saturated rings. The van der Waals surface area contributed by atoms with Gasteiger partial charge in [-0.1, -0.05) is 12.1 Å². The molecule has 1 atom stereocenters. The van der Waals surface area contributed by atoms with Crippen molar-refractivity contribution in [3.63, 3.8) is 0 Å². The number of benzene rings is 1. The number of nitrogens with zero attached hydrogens (tertiary/aromatic N) is 1. The number of aromatic nitrogens is 1. The third kappa shape index (κ3) is 2.14. The Bertz CT molecular complexity index is 580. The van der Waals surface area contributed by atoms with Crippen molar-refractivity contribution in [2.75, 3.05) is 6.61 Å². The minimum atomic E-state index is -0.843. The number of rotatable bonds is 4. The maximum atomic E-state index is 11.1. The van der Waals surface area contributed by atoms with Crippen molar-refractivity contribution in [1.82, 2.24) is 4.98 Å². The van der Waals surface area contributed by atoms with Gasteiger partial charge in [0.15, 0.2) is 0 Å². The van der Waals surface area contributed by atoms with E-state index in [9.17, 15) is 4.79 Å². The van der Waals surface area contributed by atoms with Crippen molar-refractivity contribution in [2.24, 2.45) is 0 Å². The average molecular weight is 245 g/mol. The molecule has 1 N–H and O–H groups in total. The fourth-order valence-electron chi connectivity index (χ4n) is 1.95. The van der Waals surface area contributed by atoms with E-state index in [0.717, 1.165) is 10.9 Å². The van der Waals surface area contributed by atoms with E-state index in [1.807, 2.05) is 13.0 Å². The zero-order valence-corrected chi connectivity index (χ0v) is 10.4. The molecule has 0 aliphatic carbocycles. The predicted molar refractivity (Wildman–Crippen MR) is 69.0 cm³/mol. The van der Waals surface area contributed by atoms with E-state index >= 15 is 0 Å². The van der Waals surface area contributed by atoms with Crippen LogP contribution in [0.25, 0.3) is 10.9 Å². The van der Waals surface area contributed by atoms with Crippen LogP contribution in [0.5, 0.6) is 5.75 Å². The van der Waals surface area contributed by atoms with E-state index in [1.165, 1.54) is 0 Å². The summed E-state index contributed by atoms with van der Waals surface area (Å²) in [5, 5.41) is 9.95. The molecule has 0 saturated heterocycles. The Labute approximate surface area is 105 Å². The Kier molecular flexibility index (Phi) is 3.46. The highest BCUT2D eigenvalue weighted by Gasteiger charge is 2.18. The number of carbonyl (C=O) groups is 1. The second-order valence-electron chi connectivity index (χ2n) is 4.05. The van der Waals surface area contributed by atoms with Gasteiger partial charge in [-0.15, -0.1) is 0 Å². The lowest BCUT2D eigenvalue weighted by Crippen LogP contribution is -2.08. The Morgan fingerprint density at radius 3 is 2.89 bits per heavy atom. The maximum Gasteiger partial charge on any atom is 0.310 e. The van der Waals surface area contributed by atoms with Gasteiger partial charge in [-0.25, -0.2) is 0 Å². The molecule has 2 aromatic rings. The first-order valence-electron chi connectivity index (χ1n) is 5.88. The third-order valence-electron chi connectivity index (χ3n) is 2.90. The standard InChI is InChI=1S/C14H15NO3/c1-3-18-12-7-6-10(9(2)14(16)17)11-5-4-8-15-13(11)12/h4-9H,3H2,1-2H3,(H,16,17). The van der Waals surface area contributed by atoms with Crippen LogP contribution in [0.3, 0.4) is 0 Å². The maximum absolute atomic E-state index is 11.1. The van der Waals surface area contributed by atoms with Gasteiger partial charge < -0.3 is 9.84 Å². The Hall–Kier alpha value is -2.10. The van der Waals surface area contributed by atoms with Gasteiger partial charge in [0.1, 0.15) is 11.3 Å². The summed E-state index contributed by atoms with van der Waals surface area (Å²) in [7, 11) is 0. The molecule has 1 aromatic carbocycles. The Morgan fingerprint density at radius 1 is 1.44 bits per heavy atom. The van der Waals surface area contributed by atoms with E-state index in [-0.39, 0.29) is 0 Å². The lowest BCUT2D eigenvalue weighted by Gasteiger charge is -2.13. The molecular formula is C14H15NO3. The van der Waals surface area contributed by atoms with Gasteiger partial charge in [-0.05, 0) is 31.5 Å². The number of carboxylic acids is 1. The smallest absolute Gasteiger partial charge is 0.310 e. The molecule has 2 rings (SSSR count). The molecule has 0 aliphatic heterocycles. The summed E-state index contributed by atoms with van der Waals surface area (Å²) in [6.07, 6.45) is 1.68. The third-order valence-corrected chi connectivity index (χ3v) is 2.90. The molecule has 1 unspecified atom stereocenters. The molecule has 0 bridgehead atoms. The van der Waals surface area contributed by atoms with Gasteiger partial charge in [0.2, 0.25) is 0 Å². The summed E-state index contributed by atoms with van der Waals surface area (Å²) in [6, 6.07) is 7.26. The minimum Gasteiger partial charge on any atom is -0.492 e. The molecule has 0 aliphatic rings. The molecule has 0 amide bonds. The monoisotopic (exact) mass is 245 g/mol. The zero-order valence-electron chi connectivity index (χ0n) is 10.4. The largest absolute Gasteiger partial charge is 0.492 e. The van der Waals surface area contributed by atoms with Gasteiger partial charge in [0.25, 0.3) is 0 Å². The average Bonchev–Trinajstić information content (AvgIpc) is 2.38. The van der Waals surface area contributed by atoms with Crippen LogP contribution in [0.1, 0.15) is 25.3 Å². The normalized spacial score (nSPS) is 12.3. The van der Waals surface area contributed by atoms with E-state index < -0.39 is 11.9 Å². The number of hydrogen-bond donors (Lipinski definition) is 1. The zero-order chi connectivity index (χ0) is 13.1. The van der Waals surface area contributed by atoms with E-state index in [0.29, 0.717) is 17.9 Å². The van der Waals surface area contributed by atoms with E-state index in [4.69, 9.17) is 9.84 Å². The second-order valence-corrected chi connectivity index (χ2v) is 4.05. The number of aliphatic carboxylic acids is 1. The van der Waals surface area contributed by atoms with Gasteiger partial charge in [0, 0.05) is 11.6 Å². The first-order chi connectivity index (χ1) is 8.65. The van der Waals surface area contributed by atoms with Crippen molar-refractivity contribution < 1.29 is 14.6 Å². The van der Waals surface area contributed by atoms with Crippen LogP contribution in [-0.2, 0) is 4.79 Å². The van der Waals surface area contributed by atoms with Crippen LogP contribution < -0.4 is 4.74 Å². The number of pyridine rings is 1. The molecule has 4 nitrogen and oxygen atoms in total. The molecule has 0 spiro atoms. The summed E-state index contributed by atoms with van der Waals surface area (Å²) < 4.78 is 5.50. The fraction of sp³-hybridized carbons (Fsp3) is 0.286. The summed E-state index contributed by atoms with van der Waals surface area (Å²) in [4.78, 5) is 15.4. The van der Waals surface area contributed by atoms with Crippen LogP contribution >= 0.6 is 0 Å². The van der Waals surface area contributed by atoms with Crippen molar-refractivity contribution in [2.45, 2.75) is 19.8 Å². The lowest BCUT2D eigenvalue weighted by atomic mass is 9.96. The van der Waals surface area contributed by atoms with Crippen LogP contribution in [0.2, 0.25) is 0 Å². The molecule has 4 heteroatoms. The van der Waals surface area contributed by atoms with Gasteiger partial charge in [-0.3, -0.25) is 9.78 Å². The summed E-state index contributed by atoms with van der Waals surface area (Å²) in [6.45, 7) is 4.13. The van der Waals surface area contributed by atoms with Gasteiger partial charge in [0.05, 0.1) is 12.5 Å². The first-order valence-corrected chi connectivity index (χ1v) is 5.88. The molecule has 0 radical (unpaired) electrons. The number of fused-ring (bicyclic) bond motifs is 1. The van der Waals surface area contributed by atoms with Crippen LogP contribution in [0.4, 0.5) is 0 Å². The van der Waals surface area contributed by atoms with E-state index in [2.05, 4.69) is 4.98 Å². The molecular weight excluding hydrogens is 230 g/mol. The minimum absolute atomic E-state index is 0.555. The number of ether oxygens (including phenoxy) is 1. The van der Waals surface area contributed by atoms with Crippen LogP contribution in [0.15, 0.2) is 30.5 Å². The van der Waals surface area contributed by atoms with Crippen LogP contribution in [0, 0.1) is 0 Å². The summed E-state index contributed by atoms with van der Waals surface area (Å²) >= 11 is 0. The first kappa shape index (κ1) is 12.4. The lowest BCUT2D eigenvalue weighted by molar-refractivity contribution is -0.138. The van der Waals surface area contributed by atoms with E-state index in [1.54, 1.807) is 31.3 Å². The summed E-state index contributed by atoms with van der Waals surface area (Å²) in [5.41, 5.74) is 1.47. The highest BCUT2D eigenvalue weighted by Crippen LogP contribution is 2.31. The molecule has 0 saturated carbocycles. The number of carboxylic acid groups (broad SMARTS) is 1. The summed E-state index contributed by atoms with van der Waals surface area (Å²) in [5.74, 6) is -0.717. The van der Waals surface area contributed by atoms with Crippen molar-refractivity contribution in [3.8, 4) is 5.75 Å². The van der Waals surface area contributed by atoms with Gasteiger partial charge >= 0.3 is 5.97 Å².